The Labute approximate surface area is 206 Å². The average Bonchev–Trinajstić information content (AvgIpc) is 2.80. The number of carbonyl (C=O) groups excluding carboxylic acids is 1. The van der Waals surface area contributed by atoms with Gasteiger partial charge in [-0.1, -0.05) is 50.3 Å². The summed E-state index contributed by atoms with van der Waals surface area (Å²) in [7, 11) is 7.34. The number of piperidine rings is 1. The molecule has 0 bridgehead atoms. The fourth-order valence-electron chi connectivity index (χ4n) is 3.98. The van der Waals surface area contributed by atoms with E-state index in [9.17, 15) is 14.7 Å². The molecule has 0 atom stereocenters. The lowest BCUT2D eigenvalue weighted by atomic mass is 9.88. The number of hydrogen-bond donors (Lipinski definition) is 1. The molecule has 1 fully saturated rings. The molecule has 0 saturated carbocycles. The first kappa shape index (κ1) is 29.3. The number of rotatable bonds is 9. The summed E-state index contributed by atoms with van der Waals surface area (Å²) in [4.78, 5) is 29.6. The Morgan fingerprint density at radius 3 is 2.12 bits per heavy atom. The molecule has 1 aromatic carbocycles. The molecule has 0 aliphatic carbocycles. The maximum Gasteiger partial charge on any atom is 0.335 e. The highest BCUT2D eigenvalue weighted by atomic mass is 16.4. The van der Waals surface area contributed by atoms with E-state index in [1.807, 2.05) is 58.0 Å². The summed E-state index contributed by atoms with van der Waals surface area (Å²) in [5, 5.41) is 9.49. The van der Waals surface area contributed by atoms with E-state index in [0.717, 1.165) is 43.6 Å². The van der Waals surface area contributed by atoms with Crippen LogP contribution in [0.4, 0.5) is 0 Å². The van der Waals surface area contributed by atoms with Gasteiger partial charge >= 0.3 is 5.97 Å². The van der Waals surface area contributed by atoms with Crippen molar-refractivity contribution in [1.29, 1.82) is 0 Å². The fraction of sp³-hybridized carbons (Fsp3) is 0.500. The molecule has 1 heterocycles. The van der Waals surface area contributed by atoms with Gasteiger partial charge in [-0.05, 0) is 76.1 Å². The van der Waals surface area contributed by atoms with Crippen molar-refractivity contribution in [1.82, 2.24) is 14.7 Å². The zero-order chi connectivity index (χ0) is 25.8. The van der Waals surface area contributed by atoms with E-state index in [4.69, 9.17) is 0 Å². The number of benzene rings is 1. The largest absolute Gasteiger partial charge is 0.478 e. The van der Waals surface area contributed by atoms with Crippen molar-refractivity contribution in [2.24, 2.45) is 0 Å². The van der Waals surface area contributed by atoms with Crippen LogP contribution in [0.25, 0.3) is 0 Å². The van der Waals surface area contributed by atoms with E-state index in [-0.39, 0.29) is 11.5 Å². The number of carboxylic acid groups (broad SMARTS) is 1. The smallest absolute Gasteiger partial charge is 0.335 e. The van der Waals surface area contributed by atoms with Crippen molar-refractivity contribution >= 4 is 11.9 Å². The molecule has 1 amide bonds. The molecule has 1 aliphatic heterocycles. The van der Waals surface area contributed by atoms with Gasteiger partial charge < -0.3 is 14.9 Å². The van der Waals surface area contributed by atoms with Gasteiger partial charge in [-0.2, -0.15) is 0 Å². The van der Waals surface area contributed by atoms with Crippen LogP contribution in [0.1, 0.15) is 55.5 Å². The third-order valence-corrected chi connectivity index (χ3v) is 5.75. The number of aliphatic carboxylic acids is 1. The van der Waals surface area contributed by atoms with Crippen LogP contribution < -0.4 is 0 Å². The Kier molecular flexibility index (Phi) is 12.5. The Morgan fingerprint density at radius 2 is 1.65 bits per heavy atom. The molecule has 1 N–H and O–H groups in total. The van der Waals surface area contributed by atoms with Crippen LogP contribution in [0.2, 0.25) is 0 Å². The standard InChI is InChI=1S/C26H37N3O3.C2H6/c1-19(17-20(2)24(26(31)32)13-14-27(3)4)18-29-15-11-22(12-16-29)21-7-9-23(10-8-21)25(30)28(5)6;1-2/h7-10,13,17,22H,2,11-12,14-16,18H2,1,3-6H3,(H,31,32);1-2H3/b19-17+,24-13+;. The van der Waals surface area contributed by atoms with E-state index >= 15 is 0 Å². The maximum absolute atomic E-state index is 12.1. The van der Waals surface area contributed by atoms with E-state index in [1.165, 1.54) is 5.56 Å². The lowest BCUT2D eigenvalue weighted by Gasteiger charge is -2.32. The van der Waals surface area contributed by atoms with Crippen molar-refractivity contribution in [2.75, 3.05) is 54.4 Å². The first-order valence-corrected chi connectivity index (χ1v) is 12.1. The lowest BCUT2D eigenvalue weighted by molar-refractivity contribution is -0.132. The van der Waals surface area contributed by atoms with Crippen LogP contribution >= 0.6 is 0 Å². The highest BCUT2D eigenvalue weighted by molar-refractivity contribution is 5.94. The van der Waals surface area contributed by atoms with Gasteiger partial charge in [0.05, 0.1) is 5.57 Å². The van der Waals surface area contributed by atoms with Crippen molar-refractivity contribution in [2.45, 2.75) is 39.5 Å². The second kappa shape index (κ2) is 14.5. The first-order valence-electron chi connectivity index (χ1n) is 12.1. The minimum atomic E-state index is -0.944. The fourth-order valence-corrected chi connectivity index (χ4v) is 3.98. The zero-order valence-corrected chi connectivity index (χ0v) is 22.1. The van der Waals surface area contributed by atoms with Gasteiger partial charge in [-0.3, -0.25) is 9.69 Å². The van der Waals surface area contributed by atoms with Crippen LogP contribution in [0, 0.1) is 0 Å². The first-order chi connectivity index (χ1) is 16.1. The summed E-state index contributed by atoms with van der Waals surface area (Å²) >= 11 is 0. The number of amides is 1. The number of allylic oxidation sites excluding steroid dienone is 1. The SMILES string of the molecule is C=C(/C=C(\C)CN1CCC(c2ccc(C(=O)N(C)C)cc2)CC1)/C(=C\CN(C)C)C(=O)O.CC. The van der Waals surface area contributed by atoms with Gasteiger partial charge in [0, 0.05) is 32.7 Å². The van der Waals surface area contributed by atoms with Crippen molar-refractivity contribution in [3.8, 4) is 0 Å². The number of hydrogen-bond acceptors (Lipinski definition) is 4. The van der Waals surface area contributed by atoms with Gasteiger partial charge in [-0.25, -0.2) is 4.79 Å². The molecule has 6 nitrogen and oxygen atoms in total. The van der Waals surface area contributed by atoms with Crippen LogP contribution in [-0.2, 0) is 4.79 Å². The van der Waals surface area contributed by atoms with E-state index in [2.05, 4.69) is 23.6 Å². The van der Waals surface area contributed by atoms with Gasteiger partial charge in [0.25, 0.3) is 5.91 Å². The van der Waals surface area contributed by atoms with Crippen molar-refractivity contribution in [3.63, 3.8) is 0 Å². The highest BCUT2D eigenvalue weighted by Gasteiger charge is 2.21. The summed E-state index contributed by atoms with van der Waals surface area (Å²) in [5.74, 6) is -0.417. The topological polar surface area (TPSA) is 64.1 Å². The molecule has 2 rings (SSSR count). The monoisotopic (exact) mass is 469 g/mol. The predicted molar refractivity (Wildman–Crippen MR) is 141 cm³/mol. The van der Waals surface area contributed by atoms with Crippen LogP contribution in [0.5, 0.6) is 0 Å². The molecule has 6 heteroatoms. The molecule has 0 radical (unpaired) electrons. The van der Waals surface area contributed by atoms with Crippen LogP contribution in [0.15, 0.2) is 59.7 Å². The molecule has 0 aromatic heterocycles. The number of likely N-dealkylation sites (N-methyl/N-ethyl adjacent to an activating group) is 1. The second-order valence-electron chi connectivity index (χ2n) is 9.07. The Morgan fingerprint density at radius 1 is 1.09 bits per heavy atom. The van der Waals surface area contributed by atoms with E-state index in [1.54, 1.807) is 25.1 Å². The molecule has 34 heavy (non-hydrogen) atoms. The third kappa shape index (κ3) is 9.27. The van der Waals surface area contributed by atoms with Crippen LogP contribution in [0.3, 0.4) is 0 Å². The minimum absolute atomic E-state index is 0.0258. The van der Waals surface area contributed by atoms with Crippen molar-refractivity contribution in [3.05, 3.63) is 70.8 Å². The zero-order valence-electron chi connectivity index (χ0n) is 22.1. The quantitative estimate of drug-likeness (QED) is 0.421. The van der Waals surface area contributed by atoms with Gasteiger partial charge in [-0.15, -0.1) is 0 Å². The van der Waals surface area contributed by atoms with Gasteiger partial charge in [0.1, 0.15) is 0 Å². The highest BCUT2D eigenvalue weighted by Crippen LogP contribution is 2.28. The second-order valence-corrected chi connectivity index (χ2v) is 9.07. The van der Waals surface area contributed by atoms with Gasteiger partial charge in [0.2, 0.25) is 0 Å². The Balaban J connectivity index is 0.00000281. The Hall–Kier alpha value is -2.70. The normalized spacial score (nSPS) is 15.5. The number of carbonyl (C=O) groups is 2. The molecule has 1 aliphatic rings. The lowest BCUT2D eigenvalue weighted by Crippen LogP contribution is -2.34. The summed E-state index contributed by atoms with van der Waals surface area (Å²) < 4.78 is 0. The minimum Gasteiger partial charge on any atom is -0.478 e. The molecule has 188 valence electrons. The molecule has 0 spiro atoms. The summed E-state index contributed by atoms with van der Waals surface area (Å²) in [6.45, 7) is 13.4. The van der Waals surface area contributed by atoms with Crippen LogP contribution in [-0.4, -0.2) is 86.1 Å². The molecular formula is C28H43N3O3. The maximum atomic E-state index is 12.1. The summed E-state index contributed by atoms with van der Waals surface area (Å²) in [5.41, 5.74) is 3.92. The third-order valence-electron chi connectivity index (χ3n) is 5.75. The summed E-state index contributed by atoms with van der Waals surface area (Å²) in [6, 6.07) is 8.01. The Bertz CT molecular complexity index is 875. The molecule has 0 unspecified atom stereocenters. The van der Waals surface area contributed by atoms with E-state index in [0.29, 0.717) is 18.0 Å². The average molecular weight is 470 g/mol. The molecule has 1 saturated heterocycles. The predicted octanol–water partition coefficient (Wildman–Crippen LogP) is 4.67. The number of likely N-dealkylation sites (tertiary alicyclic amines) is 1. The summed E-state index contributed by atoms with van der Waals surface area (Å²) in [6.07, 6.45) is 5.73. The van der Waals surface area contributed by atoms with E-state index < -0.39 is 5.97 Å². The van der Waals surface area contributed by atoms with Crippen molar-refractivity contribution < 1.29 is 14.7 Å². The van der Waals surface area contributed by atoms with Gasteiger partial charge in [0.15, 0.2) is 0 Å². The number of nitrogens with zero attached hydrogens (tertiary/aromatic N) is 3. The molecular weight excluding hydrogens is 426 g/mol. The number of carboxylic acids is 1. The molecule has 1 aromatic rings.